The van der Waals surface area contributed by atoms with Crippen LogP contribution in [-0.2, 0) is 28.6 Å². The van der Waals surface area contributed by atoms with Crippen LogP contribution in [0.25, 0.3) is 0 Å². The molecule has 0 atom stereocenters. The molecule has 2 aromatic carbocycles. The lowest BCUT2D eigenvalue weighted by Gasteiger charge is -2.43. The van der Waals surface area contributed by atoms with Crippen molar-refractivity contribution in [1.29, 1.82) is 0 Å². The third-order valence-corrected chi connectivity index (χ3v) is 9.69. The fourth-order valence-electron chi connectivity index (χ4n) is 6.57. The lowest BCUT2D eigenvalue weighted by molar-refractivity contribution is -0.137. The van der Waals surface area contributed by atoms with Crippen LogP contribution >= 0.6 is 0 Å². The van der Waals surface area contributed by atoms with Gasteiger partial charge in [-0.2, -0.15) is 23.3 Å². The lowest BCUT2D eigenvalue weighted by atomic mass is 9.98. The van der Waals surface area contributed by atoms with Gasteiger partial charge in [-0.05, 0) is 86.6 Å². The smallest absolute Gasteiger partial charge is 0.416 e. The number of piperazine rings is 1. The number of rotatable bonds is 10. The van der Waals surface area contributed by atoms with E-state index in [4.69, 9.17) is 5.10 Å². The number of benzene rings is 2. The molecular formula is C42H55F3N8O4. The van der Waals surface area contributed by atoms with Crippen LogP contribution in [0.4, 0.5) is 18.9 Å². The van der Waals surface area contributed by atoms with Crippen LogP contribution in [0.5, 0.6) is 5.75 Å². The van der Waals surface area contributed by atoms with Gasteiger partial charge >= 0.3 is 6.18 Å². The minimum absolute atomic E-state index is 0.0276. The van der Waals surface area contributed by atoms with Gasteiger partial charge in [0.1, 0.15) is 24.1 Å². The number of nitrogens with one attached hydrogen (secondary N) is 1. The topological polar surface area (TPSA) is 135 Å². The normalized spacial score (nSPS) is 14.8. The van der Waals surface area contributed by atoms with Crippen LogP contribution in [0.3, 0.4) is 0 Å². The number of hydrogen-bond acceptors (Lipinski definition) is 10. The Morgan fingerprint density at radius 1 is 0.982 bits per heavy atom. The summed E-state index contributed by atoms with van der Waals surface area (Å²) < 4.78 is 36.5. The number of aromatic nitrogens is 2. The van der Waals surface area contributed by atoms with Crippen molar-refractivity contribution < 1.29 is 32.7 Å². The molecule has 0 aliphatic carbocycles. The molecule has 15 heteroatoms. The molecule has 0 radical (unpaired) electrons. The Bertz CT molecular complexity index is 1990. The number of allylic oxidation sites excluding steroid dienone is 1. The Morgan fingerprint density at radius 3 is 2.18 bits per heavy atom. The van der Waals surface area contributed by atoms with E-state index < -0.39 is 17.6 Å². The van der Waals surface area contributed by atoms with E-state index in [0.29, 0.717) is 72.5 Å². The van der Waals surface area contributed by atoms with E-state index in [0.717, 1.165) is 36.8 Å². The Morgan fingerprint density at radius 2 is 1.63 bits per heavy atom. The zero-order chi connectivity index (χ0) is 42.6. The average molecular weight is 793 g/mol. The summed E-state index contributed by atoms with van der Waals surface area (Å²) in [6.45, 7) is 20.8. The van der Waals surface area contributed by atoms with Gasteiger partial charge in [0.15, 0.2) is 11.4 Å². The molecule has 0 bridgehead atoms. The number of hydrogen-bond donors (Lipinski definition) is 2. The number of carbonyl (C=O) groups is 3. The minimum Gasteiger partial charge on any atom is -0.504 e. The fraction of sp³-hybridized carbons (Fsp3) is 0.429. The summed E-state index contributed by atoms with van der Waals surface area (Å²) in [4.78, 5) is 52.1. The third-order valence-electron chi connectivity index (χ3n) is 9.69. The molecule has 2 N–H and O–H groups in total. The van der Waals surface area contributed by atoms with Crippen LogP contribution in [0.15, 0.2) is 71.6 Å². The van der Waals surface area contributed by atoms with Gasteiger partial charge in [0.25, 0.3) is 11.8 Å². The van der Waals surface area contributed by atoms with Gasteiger partial charge in [0.2, 0.25) is 0 Å². The summed E-state index contributed by atoms with van der Waals surface area (Å²) >= 11 is 0. The quantitative estimate of drug-likeness (QED) is 0.160. The molecule has 2 amide bonds. The number of aromatic hydroxyl groups is 1. The molecule has 1 saturated heterocycles. The highest BCUT2D eigenvalue weighted by molar-refractivity contribution is 6.02. The van der Waals surface area contributed by atoms with Gasteiger partial charge in [-0.15, -0.1) is 0 Å². The molecule has 0 spiro atoms. The van der Waals surface area contributed by atoms with Gasteiger partial charge < -0.3 is 29.9 Å². The van der Waals surface area contributed by atoms with Crippen molar-refractivity contribution in [3.05, 3.63) is 106 Å². The van der Waals surface area contributed by atoms with E-state index in [9.17, 15) is 32.7 Å². The first-order chi connectivity index (χ1) is 27.1. The molecule has 12 nitrogen and oxygen atoms in total. The van der Waals surface area contributed by atoms with E-state index in [2.05, 4.69) is 47.8 Å². The van der Waals surface area contributed by atoms with E-state index in [1.807, 2.05) is 38.7 Å². The predicted octanol–water partition coefficient (Wildman–Crippen LogP) is 7.32. The highest BCUT2D eigenvalue weighted by atomic mass is 19.4. The minimum atomic E-state index is -4.25. The first kappa shape index (κ1) is 45.7. The maximum absolute atomic E-state index is 14.1. The van der Waals surface area contributed by atoms with Gasteiger partial charge in [-0.1, -0.05) is 53.3 Å². The Balaban J connectivity index is 0.000000489. The summed E-state index contributed by atoms with van der Waals surface area (Å²) in [6.07, 6.45) is 0.114. The lowest BCUT2D eigenvalue weighted by Crippen LogP contribution is -2.53. The standard InChI is InChI=1S/C31H39N7O4.C9H10F3N.C2H6/c1-7-23-10-11-25(18-24(23)8-2)20(4)34-38-22(6)37(16-17-39)26(9-3)28(31(38)42)35-12-14-36(15-13-35)30(41)27-29(40)21(5)32-19-33-27;1-6-5-7(9(10,11)12)3-4-8(6)13-2;1-2/h10-11,17-19,40H,6-9,12-16H2,1-5H3;3-5,13H,1-2H3;1-2H3/b34-20+;;. The number of amides is 2. The van der Waals surface area contributed by atoms with Crippen molar-refractivity contribution >= 4 is 29.5 Å². The van der Waals surface area contributed by atoms with E-state index in [1.54, 1.807) is 30.7 Å². The van der Waals surface area contributed by atoms with Gasteiger partial charge in [0.05, 0.1) is 23.5 Å². The first-order valence-electron chi connectivity index (χ1n) is 19.2. The van der Waals surface area contributed by atoms with Crippen LogP contribution in [0.2, 0.25) is 0 Å². The summed E-state index contributed by atoms with van der Waals surface area (Å²) in [7, 11) is 1.68. The zero-order valence-corrected chi connectivity index (χ0v) is 34.4. The highest BCUT2D eigenvalue weighted by Gasteiger charge is 2.39. The number of halogens is 3. The average Bonchev–Trinajstić information content (AvgIpc) is 3.21. The van der Waals surface area contributed by atoms with Crippen molar-refractivity contribution in [1.82, 2.24) is 29.7 Å². The number of aldehydes is 1. The van der Waals surface area contributed by atoms with Crippen molar-refractivity contribution in [3.8, 4) is 5.75 Å². The molecule has 5 rings (SSSR count). The number of hydrazone groups is 1. The van der Waals surface area contributed by atoms with Gasteiger partial charge in [0, 0.05) is 44.6 Å². The molecule has 1 aromatic heterocycles. The summed E-state index contributed by atoms with van der Waals surface area (Å²) in [6, 6.07) is 9.85. The predicted molar refractivity (Wildman–Crippen MR) is 216 cm³/mol. The number of aryl methyl sites for hydroxylation is 4. The monoisotopic (exact) mass is 792 g/mol. The second-order valence-corrected chi connectivity index (χ2v) is 13.0. The van der Waals surface area contributed by atoms with E-state index >= 15 is 0 Å². The summed E-state index contributed by atoms with van der Waals surface area (Å²) in [5.41, 5.74) is 6.20. The van der Waals surface area contributed by atoms with Crippen molar-refractivity contribution in [2.45, 2.75) is 80.8 Å². The second-order valence-electron chi connectivity index (χ2n) is 13.0. The van der Waals surface area contributed by atoms with Gasteiger partial charge in [-0.25, -0.2) is 9.97 Å². The molecule has 308 valence electrons. The van der Waals surface area contributed by atoms with Crippen molar-refractivity contribution in [2.24, 2.45) is 5.10 Å². The Hall–Kier alpha value is -5.73. The second kappa shape index (κ2) is 20.4. The molecule has 2 aliphatic rings. The molecule has 3 aromatic rings. The molecule has 3 heterocycles. The Kier molecular flexibility index (Phi) is 16.4. The number of anilines is 1. The first-order valence-corrected chi connectivity index (χ1v) is 19.2. The Labute approximate surface area is 333 Å². The zero-order valence-electron chi connectivity index (χ0n) is 34.4. The maximum Gasteiger partial charge on any atom is 0.416 e. The number of alkyl halides is 3. The fourth-order valence-corrected chi connectivity index (χ4v) is 6.57. The third kappa shape index (κ3) is 10.6. The SMILES string of the molecule is C=C1N(CC=O)C(CC)=C(N2CCN(C(=O)c3ncnc(C)c3O)CC2)C(=O)N1/N=C(\C)c1ccc(CC)c(CC)c1.CC.CNc1ccc(C(F)(F)F)cc1C. The van der Waals surface area contributed by atoms with E-state index in [-0.39, 0.29) is 23.9 Å². The molecule has 1 fully saturated rings. The largest absolute Gasteiger partial charge is 0.504 e. The van der Waals surface area contributed by atoms with Crippen LogP contribution in [-0.4, -0.2) is 98.4 Å². The molecule has 2 aliphatic heterocycles. The van der Waals surface area contributed by atoms with E-state index in [1.165, 1.54) is 28.5 Å². The van der Waals surface area contributed by atoms with Crippen LogP contribution in [0.1, 0.15) is 92.0 Å². The van der Waals surface area contributed by atoms with Crippen molar-refractivity contribution in [3.63, 3.8) is 0 Å². The van der Waals surface area contributed by atoms with Crippen LogP contribution < -0.4 is 5.32 Å². The molecule has 0 saturated carbocycles. The molecule has 57 heavy (non-hydrogen) atoms. The highest BCUT2D eigenvalue weighted by Crippen LogP contribution is 2.33. The number of nitrogens with zero attached hydrogens (tertiary/aromatic N) is 7. The van der Waals surface area contributed by atoms with Crippen molar-refractivity contribution in [2.75, 3.05) is 45.1 Å². The molecular weight excluding hydrogens is 738 g/mol. The molecule has 0 unspecified atom stereocenters. The maximum atomic E-state index is 14.1. The number of carbonyl (C=O) groups excluding carboxylic acids is 3. The summed E-state index contributed by atoms with van der Waals surface area (Å²) in [5, 5.41) is 19.1. The van der Waals surface area contributed by atoms with Crippen LogP contribution in [0, 0.1) is 13.8 Å². The summed E-state index contributed by atoms with van der Waals surface area (Å²) in [5.74, 6) is -0.638. The van der Waals surface area contributed by atoms with Gasteiger partial charge in [-0.3, -0.25) is 9.59 Å².